The summed E-state index contributed by atoms with van der Waals surface area (Å²) in [4.78, 5) is 12.8. The van der Waals surface area contributed by atoms with Crippen molar-refractivity contribution in [3.8, 4) is 11.8 Å². The van der Waals surface area contributed by atoms with Crippen LogP contribution in [0.2, 0.25) is 0 Å². The van der Waals surface area contributed by atoms with Crippen LogP contribution in [0.15, 0.2) is 11.4 Å². The van der Waals surface area contributed by atoms with Crippen LogP contribution in [0.25, 0.3) is 0 Å². The summed E-state index contributed by atoms with van der Waals surface area (Å²) in [5.41, 5.74) is 0.642. The zero-order valence-corrected chi connectivity index (χ0v) is 12.5. The molecule has 3 nitrogen and oxygen atoms in total. The molecule has 2 N–H and O–H groups in total. The van der Waals surface area contributed by atoms with E-state index in [0.717, 1.165) is 17.7 Å². The van der Waals surface area contributed by atoms with Gasteiger partial charge in [-0.1, -0.05) is 32.1 Å². The van der Waals surface area contributed by atoms with E-state index in [1.807, 2.05) is 6.92 Å². The third-order valence-electron chi connectivity index (χ3n) is 2.98. The van der Waals surface area contributed by atoms with Crippen molar-refractivity contribution in [1.29, 1.82) is 0 Å². The molecule has 0 aromatic carbocycles. The van der Waals surface area contributed by atoms with Gasteiger partial charge < -0.3 is 10.4 Å². The highest BCUT2D eigenvalue weighted by atomic mass is 32.1. The Labute approximate surface area is 119 Å². The number of thiophene rings is 1. The number of aliphatic hydroxyl groups is 1. The number of carbonyl (C=O) groups excluding carboxylic acids is 1. The first-order chi connectivity index (χ1) is 9.06. The Hall–Kier alpha value is -1.31. The van der Waals surface area contributed by atoms with Crippen LogP contribution in [0.3, 0.4) is 0 Å². The second-order valence-electron chi connectivity index (χ2n) is 4.78. The van der Waals surface area contributed by atoms with Crippen molar-refractivity contribution in [3.05, 3.63) is 21.9 Å². The molecule has 0 saturated heterocycles. The fraction of sp³-hybridized carbons (Fsp3) is 0.533. The van der Waals surface area contributed by atoms with Crippen molar-refractivity contribution in [2.75, 3.05) is 6.61 Å². The minimum absolute atomic E-state index is 0.0518. The first-order valence-electron chi connectivity index (χ1n) is 6.55. The highest BCUT2D eigenvalue weighted by Crippen LogP contribution is 2.15. The van der Waals surface area contributed by atoms with E-state index >= 15 is 0 Å². The summed E-state index contributed by atoms with van der Waals surface area (Å²) in [6.45, 7) is 6.22. The average molecular weight is 279 g/mol. The number of hydrogen-bond donors (Lipinski definition) is 2. The molecule has 1 rings (SSSR count). The minimum Gasteiger partial charge on any atom is -0.384 e. The van der Waals surface area contributed by atoms with Gasteiger partial charge in [0.1, 0.15) is 6.61 Å². The number of amides is 1. The van der Waals surface area contributed by atoms with Crippen LogP contribution in [0.4, 0.5) is 0 Å². The van der Waals surface area contributed by atoms with E-state index in [2.05, 4.69) is 31.0 Å². The van der Waals surface area contributed by atoms with Crippen LogP contribution in [0.1, 0.15) is 48.8 Å². The van der Waals surface area contributed by atoms with E-state index in [0.29, 0.717) is 11.5 Å². The van der Waals surface area contributed by atoms with E-state index in [1.165, 1.54) is 11.3 Å². The standard InChI is InChI=1S/C15H21NO2S/c1-4-11(2)8-12(3)16-15(18)13-9-14(19-10-13)6-5-7-17/h9-12,17H,4,7-8H2,1-3H3,(H,16,18). The molecule has 0 bridgehead atoms. The summed E-state index contributed by atoms with van der Waals surface area (Å²) >= 11 is 1.42. The van der Waals surface area contributed by atoms with Crippen molar-refractivity contribution >= 4 is 17.2 Å². The maximum absolute atomic E-state index is 12.0. The Morgan fingerprint density at radius 1 is 1.53 bits per heavy atom. The van der Waals surface area contributed by atoms with Crippen LogP contribution in [-0.2, 0) is 0 Å². The molecule has 1 aromatic rings. The molecule has 0 radical (unpaired) electrons. The predicted octanol–water partition coefficient (Wildman–Crippen LogP) is 2.65. The van der Waals surface area contributed by atoms with Gasteiger partial charge in [0.15, 0.2) is 0 Å². The molecular weight excluding hydrogens is 258 g/mol. The maximum Gasteiger partial charge on any atom is 0.252 e. The zero-order valence-electron chi connectivity index (χ0n) is 11.7. The van der Waals surface area contributed by atoms with Gasteiger partial charge in [0, 0.05) is 11.4 Å². The molecule has 19 heavy (non-hydrogen) atoms. The van der Waals surface area contributed by atoms with E-state index in [9.17, 15) is 4.79 Å². The third kappa shape index (κ3) is 5.46. The van der Waals surface area contributed by atoms with Crippen molar-refractivity contribution < 1.29 is 9.90 Å². The fourth-order valence-corrected chi connectivity index (χ4v) is 2.54. The molecular formula is C15H21NO2S. The van der Waals surface area contributed by atoms with Crippen LogP contribution < -0.4 is 5.32 Å². The van der Waals surface area contributed by atoms with Gasteiger partial charge in [0.05, 0.1) is 10.4 Å². The number of rotatable bonds is 5. The van der Waals surface area contributed by atoms with Gasteiger partial charge in [-0.25, -0.2) is 0 Å². The van der Waals surface area contributed by atoms with E-state index in [1.54, 1.807) is 11.4 Å². The van der Waals surface area contributed by atoms with E-state index < -0.39 is 0 Å². The van der Waals surface area contributed by atoms with Gasteiger partial charge in [-0.2, -0.15) is 0 Å². The molecule has 2 atom stereocenters. The molecule has 0 aliphatic carbocycles. The molecule has 1 amide bonds. The molecule has 2 unspecified atom stereocenters. The first kappa shape index (κ1) is 15.7. The monoisotopic (exact) mass is 279 g/mol. The molecule has 0 aliphatic heterocycles. The Kier molecular flexibility index (Phi) is 6.61. The van der Waals surface area contributed by atoms with Crippen LogP contribution in [-0.4, -0.2) is 23.7 Å². The van der Waals surface area contributed by atoms with E-state index in [-0.39, 0.29) is 18.6 Å². The number of aliphatic hydroxyl groups excluding tert-OH is 1. The van der Waals surface area contributed by atoms with Crippen molar-refractivity contribution in [1.82, 2.24) is 5.32 Å². The largest absolute Gasteiger partial charge is 0.384 e. The lowest BCUT2D eigenvalue weighted by Crippen LogP contribution is -2.33. The Bertz CT molecular complexity index is 470. The molecule has 4 heteroatoms. The summed E-state index contributed by atoms with van der Waals surface area (Å²) in [6, 6.07) is 1.94. The molecule has 0 fully saturated rings. The van der Waals surface area contributed by atoms with Gasteiger partial charge in [-0.15, -0.1) is 11.3 Å². The normalized spacial score (nSPS) is 13.3. The van der Waals surface area contributed by atoms with Crippen LogP contribution >= 0.6 is 11.3 Å². The van der Waals surface area contributed by atoms with Gasteiger partial charge in [0.25, 0.3) is 5.91 Å². The molecule has 104 valence electrons. The fourth-order valence-electron chi connectivity index (χ4n) is 1.78. The maximum atomic E-state index is 12.0. The quantitative estimate of drug-likeness (QED) is 0.814. The van der Waals surface area contributed by atoms with Gasteiger partial charge in [-0.3, -0.25) is 4.79 Å². The minimum atomic E-state index is -0.161. The lowest BCUT2D eigenvalue weighted by atomic mass is 10.0. The van der Waals surface area contributed by atoms with Crippen LogP contribution in [0, 0.1) is 17.8 Å². The van der Waals surface area contributed by atoms with E-state index in [4.69, 9.17) is 5.11 Å². The zero-order chi connectivity index (χ0) is 14.3. The highest BCUT2D eigenvalue weighted by Gasteiger charge is 2.13. The summed E-state index contributed by atoms with van der Waals surface area (Å²) < 4.78 is 0. The first-order valence-corrected chi connectivity index (χ1v) is 7.43. The molecule has 0 spiro atoms. The topological polar surface area (TPSA) is 49.3 Å². The number of nitrogens with one attached hydrogen (secondary N) is 1. The second kappa shape index (κ2) is 7.98. The summed E-state index contributed by atoms with van der Waals surface area (Å²) in [6.07, 6.45) is 2.11. The average Bonchev–Trinajstić information content (AvgIpc) is 2.84. The number of carbonyl (C=O) groups is 1. The highest BCUT2D eigenvalue weighted by molar-refractivity contribution is 7.10. The second-order valence-corrected chi connectivity index (χ2v) is 5.69. The van der Waals surface area contributed by atoms with Crippen molar-refractivity contribution in [2.45, 2.75) is 39.7 Å². The Morgan fingerprint density at radius 2 is 2.26 bits per heavy atom. The van der Waals surface area contributed by atoms with Crippen molar-refractivity contribution in [3.63, 3.8) is 0 Å². The Morgan fingerprint density at radius 3 is 2.89 bits per heavy atom. The van der Waals surface area contributed by atoms with Gasteiger partial charge >= 0.3 is 0 Å². The molecule has 1 heterocycles. The lowest BCUT2D eigenvalue weighted by molar-refractivity contribution is 0.0936. The summed E-state index contributed by atoms with van der Waals surface area (Å²) in [7, 11) is 0. The third-order valence-corrected chi connectivity index (χ3v) is 3.83. The lowest BCUT2D eigenvalue weighted by Gasteiger charge is -2.17. The SMILES string of the molecule is CCC(C)CC(C)NC(=O)c1csc(C#CCO)c1. The summed E-state index contributed by atoms with van der Waals surface area (Å²) in [5.74, 6) is 5.94. The summed E-state index contributed by atoms with van der Waals surface area (Å²) in [5, 5.41) is 13.4. The van der Waals surface area contributed by atoms with Crippen LogP contribution in [0.5, 0.6) is 0 Å². The predicted molar refractivity (Wildman–Crippen MR) is 79.3 cm³/mol. The number of hydrogen-bond acceptors (Lipinski definition) is 3. The van der Waals surface area contributed by atoms with Crippen molar-refractivity contribution in [2.24, 2.45) is 5.92 Å². The smallest absolute Gasteiger partial charge is 0.252 e. The van der Waals surface area contributed by atoms with Gasteiger partial charge in [0.2, 0.25) is 0 Å². The molecule has 0 aliphatic rings. The molecule has 0 saturated carbocycles. The Balaban J connectivity index is 2.56. The molecule has 1 aromatic heterocycles. The van der Waals surface area contributed by atoms with Gasteiger partial charge in [-0.05, 0) is 25.3 Å².